The van der Waals surface area contributed by atoms with Crippen LogP contribution in [0.15, 0.2) is 0 Å². The zero-order valence-electron chi connectivity index (χ0n) is 9.12. The normalized spacial score (nSPS) is 26.5. The molecule has 0 aromatic rings. The lowest BCUT2D eigenvalue weighted by atomic mass is 10.0. The number of nitrogens with one attached hydrogen (secondary N) is 1. The first-order chi connectivity index (χ1) is 6.66. The highest BCUT2D eigenvalue weighted by atomic mass is 16.2. The van der Waals surface area contributed by atoms with E-state index < -0.39 is 0 Å². The van der Waals surface area contributed by atoms with Crippen molar-refractivity contribution in [3.05, 3.63) is 0 Å². The summed E-state index contributed by atoms with van der Waals surface area (Å²) in [6, 6.07) is 0.0829. The van der Waals surface area contributed by atoms with Crippen molar-refractivity contribution in [1.29, 1.82) is 0 Å². The number of nitrogens with two attached hydrogens (primary N) is 1. The van der Waals surface area contributed by atoms with Gasteiger partial charge < -0.3 is 16.0 Å². The number of carbonyl (C=O) groups is 1. The van der Waals surface area contributed by atoms with Crippen LogP contribution in [0.3, 0.4) is 0 Å². The van der Waals surface area contributed by atoms with Crippen LogP contribution >= 0.6 is 0 Å². The summed E-state index contributed by atoms with van der Waals surface area (Å²) in [5.41, 5.74) is 5.88. The quantitative estimate of drug-likeness (QED) is 0.659. The van der Waals surface area contributed by atoms with E-state index in [0.717, 1.165) is 32.4 Å². The van der Waals surface area contributed by atoms with Gasteiger partial charge in [-0.3, -0.25) is 4.79 Å². The molecule has 4 heteroatoms. The van der Waals surface area contributed by atoms with Crippen LogP contribution in [0.2, 0.25) is 0 Å². The average Bonchev–Trinajstić information content (AvgIpc) is 2.59. The number of nitrogens with zero attached hydrogens (tertiary/aromatic N) is 1. The van der Waals surface area contributed by atoms with Crippen molar-refractivity contribution in [2.75, 3.05) is 27.2 Å². The van der Waals surface area contributed by atoms with E-state index in [4.69, 9.17) is 5.73 Å². The smallest absolute Gasteiger partial charge is 0.227 e. The Morgan fingerprint density at radius 3 is 2.79 bits per heavy atom. The Morgan fingerprint density at radius 2 is 2.29 bits per heavy atom. The third-order valence-electron chi connectivity index (χ3n) is 2.96. The van der Waals surface area contributed by atoms with Crippen molar-refractivity contribution in [3.8, 4) is 0 Å². The topological polar surface area (TPSA) is 58.4 Å². The Kier molecular flexibility index (Phi) is 4.35. The maximum Gasteiger partial charge on any atom is 0.227 e. The molecule has 1 amide bonds. The molecule has 4 nitrogen and oxygen atoms in total. The fourth-order valence-electron chi connectivity index (χ4n) is 1.97. The van der Waals surface area contributed by atoms with Crippen molar-refractivity contribution in [1.82, 2.24) is 10.2 Å². The molecule has 0 heterocycles. The van der Waals surface area contributed by atoms with Gasteiger partial charge in [-0.15, -0.1) is 0 Å². The number of carbonyl (C=O) groups excluding carboxylic acids is 1. The van der Waals surface area contributed by atoms with Crippen molar-refractivity contribution in [3.63, 3.8) is 0 Å². The molecule has 0 aliphatic heterocycles. The van der Waals surface area contributed by atoms with Gasteiger partial charge in [0.25, 0.3) is 0 Å². The van der Waals surface area contributed by atoms with Crippen LogP contribution in [0.4, 0.5) is 0 Å². The minimum atomic E-state index is 0.0665. The monoisotopic (exact) mass is 199 g/mol. The number of amides is 1. The van der Waals surface area contributed by atoms with Gasteiger partial charge in [0, 0.05) is 26.2 Å². The number of hydrogen-bond acceptors (Lipinski definition) is 3. The van der Waals surface area contributed by atoms with Gasteiger partial charge >= 0.3 is 0 Å². The third kappa shape index (κ3) is 2.69. The molecular formula is C10H21N3O. The van der Waals surface area contributed by atoms with E-state index >= 15 is 0 Å². The molecule has 3 N–H and O–H groups in total. The highest BCUT2D eigenvalue weighted by Crippen LogP contribution is 2.25. The number of hydrogen-bond donors (Lipinski definition) is 2. The lowest BCUT2D eigenvalue weighted by Crippen LogP contribution is -2.41. The first-order valence-electron chi connectivity index (χ1n) is 5.32. The molecule has 0 spiro atoms. The van der Waals surface area contributed by atoms with Gasteiger partial charge in [0.05, 0.1) is 5.92 Å². The highest BCUT2D eigenvalue weighted by molar-refractivity contribution is 5.79. The second-order valence-corrected chi connectivity index (χ2v) is 4.06. The van der Waals surface area contributed by atoms with E-state index in [0.29, 0.717) is 0 Å². The van der Waals surface area contributed by atoms with Crippen LogP contribution in [0.25, 0.3) is 0 Å². The summed E-state index contributed by atoms with van der Waals surface area (Å²) < 4.78 is 0. The molecule has 1 saturated carbocycles. The van der Waals surface area contributed by atoms with Gasteiger partial charge in [-0.1, -0.05) is 6.42 Å². The number of rotatable bonds is 4. The van der Waals surface area contributed by atoms with E-state index in [1.165, 1.54) is 0 Å². The Hall–Kier alpha value is -0.610. The molecule has 2 atom stereocenters. The SMILES string of the molecule is CNCCN(C)C(=O)C1CCCC1N. The molecule has 2 unspecified atom stereocenters. The summed E-state index contributed by atoms with van der Waals surface area (Å²) >= 11 is 0. The highest BCUT2D eigenvalue weighted by Gasteiger charge is 2.31. The van der Waals surface area contributed by atoms with Gasteiger partial charge in [-0.2, -0.15) is 0 Å². The van der Waals surface area contributed by atoms with Crippen molar-refractivity contribution in [2.24, 2.45) is 11.7 Å². The van der Waals surface area contributed by atoms with E-state index in [-0.39, 0.29) is 17.9 Å². The van der Waals surface area contributed by atoms with E-state index in [1.54, 1.807) is 4.90 Å². The average molecular weight is 199 g/mol. The maximum atomic E-state index is 11.9. The van der Waals surface area contributed by atoms with Gasteiger partial charge in [-0.05, 0) is 19.9 Å². The molecular weight excluding hydrogens is 178 g/mol. The zero-order chi connectivity index (χ0) is 10.6. The van der Waals surface area contributed by atoms with Crippen molar-refractivity contribution < 1.29 is 4.79 Å². The standard InChI is InChI=1S/C10H21N3O/c1-12-6-7-13(2)10(14)8-4-3-5-9(8)11/h8-9,12H,3-7,11H2,1-2H3. The molecule has 1 aliphatic rings. The lowest BCUT2D eigenvalue weighted by molar-refractivity contribution is -0.134. The van der Waals surface area contributed by atoms with Crippen LogP contribution in [-0.4, -0.2) is 44.0 Å². The molecule has 14 heavy (non-hydrogen) atoms. The summed E-state index contributed by atoms with van der Waals surface area (Å²) in [5, 5.41) is 3.03. The molecule has 0 bridgehead atoms. The molecule has 1 fully saturated rings. The van der Waals surface area contributed by atoms with Gasteiger partial charge in [-0.25, -0.2) is 0 Å². The summed E-state index contributed by atoms with van der Waals surface area (Å²) in [5.74, 6) is 0.280. The van der Waals surface area contributed by atoms with Crippen LogP contribution in [-0.2, 0) is 4.79 Å². The molecule has 0 saturated heterocycles. The molecule has 82 valence electrons. The number of likely N-dealkylation sites (N-methyl/N-ethyl adjacent to an activating group) is 2. The molecule has 1 rings (SSSR count). The Bertz CT molecular complexity index is 196. The maximum absolute atomic E-state index is 11.9. The summed E-state index contributed by atoms with van der Waals surface area (Å²) in [6.45, 7) is 1.60. The van der Waals surface area contributed by atoms with E-state index in [2.05, 4.69) is 5.32 Å². The third-order valence-corrected chi connectivity index (χ3v) is 2.96. The second kappa shape index (κ2) is 5.32. The largest absolute Gasteiger partial charge is 0.344 e. The Morgan fingerprint density at radius 1 is 1.57 bits per heavy atom. The summed E-state index contributed by atoms with van der Waals surface area (Å²) in [6.07, 6.45) is 3.05. The summed E-state index contributed by atoms with van der Waals surface area (Å²) in [4.78, 5) is 13.7. The molecule has 1 aliphatic carbocycles. The van der Waals surface area contributed by atoms with Gasteiger partial charge in [0.2, 0.25) is 5.91 Å². The van der Waals surface area contributed by atoms with Crippen molar-refractivity contribution >= 4 is 5.91 Å². The fraction of sp³-hybridized carbons (Fsp3) is 0.900. The Balaban J connectivity index is 2.39. The van der Waals surface area contributed by atoms with Crippen LogP contribution in [0, 0.1) is 5.92 Å². The van der Waals surface area contributed by atoms with Gasteiger partial charge in [0.1, 0.15) is 0 Å². The lowest BCUT2D eigenvalue weighted by Gasteiger charge is -2.23. The summed E-state index contributed by atoms with van der Waals surface area (Å²) in [7, 11) is 3.74. The zero-order valence-corrected chi connectivity index (χ0v) is 9.12. The molecule has 0 radical (unpaired) electrons. The van der Waals surface area contributed by atoms with Crippen LogP contribution in [0.1, 0.15) is 19.3 Å². The van der Waals surface area contributed by atoms with Gasteiger partial charge in [0.15, 0.2) is 0 Å². The van der Waals surface area contributed by atoms with E-state index in [1.807, 2.05) is 14.1 Å². The molecule has 0 aromatic heterocycles. The minimum absolute atomic E-state index is 0.0665. The van der Waals surface area contributed by atoms with E-state index in [9.17, 15) is 4.79 Å². The van der Waals surface area contributed by atoms with Crippen LogP contribution < -0.4 is 11.1 Å². The first-order valence-corrected chi connectivity index (χ1v) is 5.32. The second-order valence-electron chi connectivity index (χ2n) is 4.06. The molecule has 0 aromatic carbocycles. The van der Waals surface area contributed by atoms with Crippen molar-refractivity contribution in [2.45, 2.75) is 25.3 Å². The Labute approximate surface area is 85.8 Å². The fourth-order valence-corrected chi connectivity index (χ4v) is 1.97. The first kappa shape index (κ1) is 11.5. The predicted octanol–water partition coefficient (Wildman–Crippen LogP) is -0.208. The minimum Gasteiger partial charge on any atom is -0.344 e. The van der Waals surface area contributed by atoms with Crippen LogP contribution in [0.5, 0.6) is 0 Å². The predicted molar refractivity (Wildman–Crippen MR) is 56.9 cm³/mol.